The highest BCUT2D eigenvalue weighted by Gasteiger charge is 2.18. The van der Waals surface area contributed by atoms with Crippen molar-refractivity contribution in [3.63, 3.8) is 0 Å². The number of hydrogen-bond acceptors (Lipinski definition) is 4. The molecule has 2 atom stereocenters. The number of aromatic nitrogens is 1. The summed E-state index contributed by atoms with van der Waals surface area (Å²) in [7, 11) is 0. The molecular weight excluding hydrogens is 328 g/mol. The molecule has 6 nitrogen and oxygen atoms in total. The molecule has 0 bridgehead atoms. The first-order chi connectivity index (χ1) is 11.1. The second-order valence-corrected chi connectivity index (χ2v) is 5.21. The Kier molecular flexibility index (Phi) is 7.88. The van der Waals surface area contributed by atoms with Gasteiger partial charge in [-0.05, 0) is 24.6 Å². The molecule has 1 unspecified atom stereocenters. The predicted molar refractivity (Wildman–Crippen MR) is 94.8 cm³/mol. The highest BCUT2D eigenvalue weighted by atomic mass is 35.5. The van der Waals surface area contributed by atoms with Gasteiger partial charge < -0.3 is 16.4 Å². The van der Waals surface area contributed by atoms with Gasteiger partial charge in [-0.1, -0.05) is 30.3 Å². The summed E-state index contributed by atoms with van der Waals surface area (Å²) in [5, 5.41) is 5.65. The van der Waals surface area contributed by atoms with Gasteiger partial charge in [-0.15, -0.1) is 12.4 Å². The molecule has 0 saturated heterocycles. The van der Waals surface area contributed by atoms with Gasteiger partial charge in [0.1, 0.15) is 0 Å². The molecule has 2 rings (SSSR count). The number of hydrogen-bond donors (Lipinski definition) is 3. The maximum absolute atomic E-state index is 12.1. The van der Waals surface area contributed by atoms with Crippen molar-refractivity contribution >= 4 is 24.2 Å². The molecule has 0 spiro atoms. The van der Waals surface area contributed by atoms with Crippen molar-refractivity contribution in [2.75, 3.05) is 6.54 Å². The zero-order valence-corrected chi connectivity index (χ0v) is 14.1. The lowest BCUT2D eigenvalue weighted by Crippen LogP contribution is -2.44. The summed E-state index contributed by atoms with van der Waals surface area (Å²) in [6, 6.07) is 11.8. The smallest absolute Gasteiger partial charge is 0.252 e. The third kappa shape index (κ3) is 5.64. The summed E-state index contributed by atoms with van der Waals surface area (Å²) in [4.78, 5) is 27.9. The Bertz CT molecular complexity index is 650. The van der Waals surface area contributed by atoms with Gasteiger partial charge in [-0.25, -0.2) is 0 Å². The Morgan fingerprint density at radius 3 is 2.46 bits per heavy atom. The highest BCUT2D eigenvalue weighted by Crippen LogP contribution is 2.12. The van der Waals surface area contributed by atoms with E-state index in [-0.39, 0.29) is 36.8 Å². The number of carbonyl (C=O) groups excluding carboxylic acids is 2. The van der Waals surface area contributed by atoms with Gasteiger partial charge in [0, 0.05) is 18.9 Å². The maximum Gasteiger partial charge on any atom is 0.252 e. The zero-order chi connectivity index (χ0) is 16.7. The van der Waals surface area contributed by atoms with E-state index in [9.17, 15) is 9.59 Å². The molecule has 0 radical (unpaired) electrons. The number of carbonyl (C=O) groups is 2. The van der Waals surface area contributed by atoms with E-state index in [1.807, 2.05) is 30.3 Å². The van der Waals surface area contributed by atoms with Crippen molar-refractivity contribution in [3.05, 3.63) is 66.0 Å². The third-order valence-electron chi connectivity index (χ3n) is 3.32. The molecule has 0 fully saturated rings. The fourth-order valence-electron chi connectivity index (χ4n) is 2.03. The van der Waals surface area contributed by atoms with E-state index < -0.39 is 6.04 Å². The number of amides is 2. The molecule has 1 heterocycles. The van der Waals surface area contributed by atoms with Crippen molar-refractivity contribution in [1.29, 1.82) is 0 Å². The van der Waals surface area contributed by atoms with Crippen molar-refractivity contribution < 1.29 is 9.59 Å². The van der Waals surface area contributed by atoms with Gasteiger partial charge in [-0.3, -0.25) is 14.6 Å². The van der Waals surface area contributed by atoms with E-state index in [2.05, 4.69) is 15.6 Å². The first-order valence-corrected chi connectivity index (χ1v) is 7.37. The minimum Gasteiger partial charge on any atom is -0.350 e. The van der Waals surface area contributed by atoms with Crippen LogP contribution in [0.15, 0.2) is 54.9 Å². The number of nitrogens with two attached hydrogens (primary N) is 1. The van der Waals surface area contributed by atoms with Gasteiger partial charge in [0.25, 0.3) is 5.91 Å². The van der Waals surface area contributed by atoms with Crippen molar-refractivity contribution in [2.24, 2.45) is 5.73 Å². The van der Waals surface area contributed by atoms with Crippen molar-refractivity contribution in [2.45, 2.75) is 19.0 Å². The quantitative estimate of drug-likeness (QED) is 0.735. The zero-order valence-electron chi connectivity index (χ0n) is 13.3. The van der Waals surface area contributed by atoms with E-state index in [4.69, 9.17) is 5.73 Å². The number of benzene rings is 1. The van der Waals surface area contributed by atoms with E-state index in [1.165, 1.54) is 6.20 Å². The second-order valence-electron chi connectivity index (χ2n) is 5.21. The van der Waals surface area contributed by atoms with Crippen LogP contribution in [0.25, 0.3) is 0 Å². The van der Waals surface area contributed by atoms with Crippen LogP contribution in [0.3, 0.4) is 0 Å². The summed E-state index contributed by atoms with van der Waals surface area (Å²) in [5.74, 6) is -0.511. The molecule has 0 saturated carbocycles. The second kappa shape index (κ2) is 9.64. The first kappa shape index (κ1) is 19.6. The summed E-state index contributed by atoms with van der Waals surface area (Å²) in [5.41, 5.74) is 6.97. The Balaban J connectivity index is 0.00000288. The fourth-order valence-corrected chi connectivity index (χ4v) is 2.03. The molecule has 4 N–H and O–H groups in total. The van der Waals surface area contributed by atoms with Crippen LogP contribution >= 0.6 is 12.4 Å². The number of pyridine rings is 1. The lowest BCUT2D eigenvalue weighted by Gasteiger charge is -2.21. The SMILES string of the molecule is CC(N)C(=O)N[C@H](CNC(=O)c1cccnc1)c1ccccc1.Cl. The number of nitrogens with one attached hydrogen (secondary N) is 2. The highest BCUT2D eigenvalue weighted by molar-refractivity contribution is 5.93. The summed E-state index contributed by atoms with van der Waals surface area (Å²) in [6.07, 6.45) is 3.10. The normalized spacial score (nSPS) is 12.4. The third-order valence-corrected chi connectivity index (χ3v) is 3.32. The lowest BCUT2D eigenvalue weighted by molar-refractivity contribution is -0.122. The minimum absolute atomic E-state index is 0. The van der Waals surface area contributed by atoms with Gasteiger partial charge in [0.2, 0.25) is 5.91 Å². The molecule has 1 aromatic heterocycles. The molecule has 0 aliphatic carbocycles. The van der Waals surface area contributed by atoms with Gasteiger partial charge in [0.15, 0.2) is 0 Å². The van der Waals surface area contributed by atoms with Crippen LogP contribution in [-0.2, 0) is 4.79 Å². The van der Waals surface area contributed by atoms with Crippen LogP contribution in [0.4, 0.5) is 0 Å². The number of rotatable bonds is 6. The average molecular weight is 349 g/mol. The maximum atomic E-state index is 12.1. The summed E-state index contributed by atoms with van der Waals surface area (Å²) < 4.78 is 0. The van der Waals surface area contributed by atoms with E-state index in [1.54, 1.807) is 25.3 Å². The Morgan fingerprint density at radius 1 is 1.17 bits per heavy atom. The van der Waals surface area contributed by atoms with E-state index in [0.717, 1.165) is 5.56 Å². The van der Waals surface area contributed by atoms with Crippen LogP contribution in [0.1, 0.15) is 28.9 Å². The first-order valence-electron chi connectivity index (χ1n) is 7.37. The number of nitrogens with zero attached hydrogens (tertiary/aromatic N) is 1. The van der Waals surface area contributed by atoms with Crippen LogP contribution in [-0.4, -0.2) is 29.4 Å². The standard InChI is InChI=1S/C17H20N4O2.ClH/c1-12(18)16(22)21-15(13-6-3-2-4-7-13)11-20-17(23)14-8-5-9-19-10-14;/h2-10,12,15H,11,18H2,1H3,(H,20,23)(H,21,22);1H/t12?,15-;/m1./s1. The van der Waals surface area contributed by atoms with Crippen LogP contribution < -0.4 is 16.4 Å². The fraction of sp³-hybridized carbons (Fsp3) is 0.235. The molecule has 128 valence electrons. The van der Waals surface area contributed by atoms with Gasteiger partial charge in [0.05, 0.1) is 17.6 Å². The predicted octanol–water partition coefficient (Wildman–Crippen LogP) is 1.44. The minimum atomic E-state index is -0.616. The summed E-state index contributed by atoms with van der Waals surface area (Å²) >= 11 is 0. The van der Waals surface area contributed by atoms with Crippen LogP contribution in [0.2, 0.25) is 0 Å². The monoisotopic (exact) mass is 348 g/mol. The average Bonchev–Trinajstić information content (AvgIpc) is 2.59. The van der Waals surface area contributed by atoms with E-state index in [0.29, 0.717) is 5.56 Å². The van der Waals surface area contributed by atoms with Crippen LogP contribution in [0.5, 0.6) is 0 Å². The van der Waals surface area contributed by atoms with Crippen LogP contribution in [0, 0.1) is 0 Å². The molecule has 2 aromatic rings. The molecule has 1 aromatic carbocycles. The lowest BCUT2D eigenvalue weighted by atomic mass is 10.1. The molecule has 7 heteroatoms. The number of halogens is 1. The van der Waals surface area contributed by atoms with Crippen molar-refractivity contribution in [1.82, 2.24) is 15.6 Å². The summed E-state index contributed by atoms with van der Waals surface area (Å²) in [6.45, 7) is 1.88. The topological polar surface area (TPSA) is 97.1 Å². The van der Waals surface area contributed by atoms with Crippen molar-refractivity contribution in [3.8, 4) is 0 Å². The largest absolute Gasteiger partial charge is 0.350 e. The molecular formula is C17H21ClN4O2. The Hall–Kier alpha value is -2.44. The van der Waals surface area contributed by atoms with E-state index >= 15 is 0 Å². The molecule has 0 aliphatic rings. The Labute approximate surface area is 147 Å². The Morgan fingerprint density at radius 2 is 1.88 bits per heavy atom. The molecule has 0 aliphatic heterocycles. The van der Waals surface area contributed by atoms with Gasteiger partial charge in [-0.2, -0.15) is 0 Å². The molecule has 2 amide bonds. The van der Waals surface area contributed by atoms with Gasteiger partial charge >= 0.3 is 0 Å². The molecule has 24 heavy (non-hydrogen) atoms.